The third kappa shape index (κ3) is 2.88. The number of aromatic nitrogens is 1. The lowest BCUT2D eigenvalue weighted by Gasteiger charge is -2.06. The van der Waals surface area contributed by atoms with Crippen molar-refractivity contribution < 1.29 is 22.7 Å². The molecule has 0 radical (unpaired) electrons. The number of carbonyl (C=O) groups is 1. The molecule has 0 amide bonds. The average molecular weight is 302 g/mol. The maximum atomic E-state index is 13.3. The molecule has 2 aromatic rings. The molecule has 0 saturated heterocycles. The van der Waals surface area contributed by atoms with Gasteiger partial charge in [-0.1, -0.05) is 0 Å². The molecule has 0 aliphatic rings. The van der Waals surface area contributed by atoms with Crippen molar-refractivity contribution in [2.24, 2.45) is 0 Å². The number of hydrogen-bond donors (Lipinski definition) is 2. The number of halogens is 1. The van der Waals surface area contributed by atoms with Gasteiger partial charge in [0.2, 0.25) is 0 Å². The van der Waals surface area contributed by atoms with E-state index in [1.165, 1.54) is 11.6 Å². The van der Waals surface area contributed by atoms with Crippen LogP contribution in [0.5, 0.6) is 0 Å². The van der Waals surface area contributed by atoms with Crippen LogP contribution in [0.25, 0.3) is 0 Å². The molecule has 0 spiro atoms. The second-order valence-electron chi connectivity index (χ2n) is 3.41. The Hall–Kier alpha value is -2.00. The topological polar surface area (TPSA) is 96.4 Å². The maximum absolute atomic E-state index is 13.3. The van der Waals surface area contributed by atoms with Crippen LogP contribution in [-0.2, 0) is 10.0 Å². The van der Waals surface area contributed by atoms with Crippen LogP contribution in [0.2, 0.25) is 0 Å². The van der Waals surface area contributed by atoms with Gasteiger partial charge in [-0.05, 0) is 12.1 Å². The normalized spacial score (nSPS) is 11.2. The number of nitrogens with one attached hydrogen (secondary N) is 1. The summed E-state index contributed by atoms with van der Waals surface area (Å²) in [6.07, 6.45) is 2.10. The zero-order valence-corrected chi connectivity index (χ0v) is 10.8. The number of thiophene rings is 1. The first kappa shape index (κ1) is 13.4. The van der Waals surface area contributed by atoms with Gasteiger partial charge in [0.05, 0.1) is 16.8 Å². The van der Waals surface area contributed by atoms with Crippen LogP contribution in [0, 0.1) is 5.82 Å². The average Bonchev–Trinajstić information content (AvgIpc) is 2.82. The number of sulfonamides is 1. The van der Waals surface area contributed by atoms with E-state index < -0.39 is 21.8 Å². The SMILES string of the molecule is O=C(O)c1cc(S(=O)(=O)Nc2ccncc2F)cs1. The summed E-state index contributed by atoms with van der Waals surface area (Å²) in [5.41, 5.74) is -0.252. The molecule has 0 atom stereocenters. The minimum atomic E-state index is -4.02. The minimum absolute atomic E-state index is 0.115. The first-order valence-electron chi connectivity index (χ1n) is 4.84. The van der Waals surface area contributed by atoms with Gasteiger partial charge in [0.25, 0.3) is 10.0 Å². The van der Waals surface area contributed by atoms with E-state index in [1.54, 1.807) is 0 Å². The molecule has 0 unspecified atom stereocenters. The molecule has 0 aliphatic heterocycles. The molecule has 0 fully saturated rings. The highest BCUT2D eigenvalue weighted by Gasteiger charge is 2.19. The zero-order valence-electron chi connectivity index (χ0n) is 9.20. The fraction of sp³-hybridized carbons (Fsp3) is 0. The molecule has 6 nitrogen and oxygen atoms in total. The van der Waals surface area contributed by atoms with Crippen molar-refractivity contribution in [2.45, 2.75) is 4.90 Å². The van der Waals surface area contributed by atoms with Crippen LogP contribution in [0.15, 0.2) is 34.8 Å². The Balaban J connectivity index is 2.32. The van der Waals surface area contributed by atoms with E-state index in [4.69, 9.17) is 5.11 Å². The predicted octanol–water partition coefficient (Wildman–Crippen LogP) is 1.78. The number of rotatable bonds is 4. The molecule has 19 heavy (non-hydrogen) atoms. The summed E-state index contributed by atoms with van der Waals surface area (Å²) in [5, 5.41) is 9.90. The van der Waals surface area contributed by atoms with Crippen molar-refractivity contribution in [3.05, 3.63) is 40.6 Å². The van der Waals surface area contributed by atoms with Crippen molar-refractivity contribution >= 4 is 33.0 Å². The molecule has 2 rings (SSSR count). The number of hydrogen-bond acceptors (Lipinski definition) is 5. The lowest BCUT2D eigenvalue weighted by molar-refractivity contribution is 0.0702. The van der Waals surface area contributed by atoms with E-state index >= 15 is 0 Å². The Morgan fingerprint density at radius 3 is 2.79 bits per heavy atom. The van der Waals surface area contributed by atoms with Crippen molar-refractivity contribution in [1.82, 2.24) is 4.98 Å². The highest BCUT2D eigenvalue weighted by atomic mass is 32.2. The minimum Gasteiger partial charge on any atom is -0.477 e. The van der Waals surface area contributed by atoms with Gasteiger partial charge >= 0.3 is 5.97 Å². The number of carboxylic acids is 1. The number of pyridine rings is 1. The van der Waals surface area contributed by atoms with Crippen LogP contribution >= 0.6 is 11.3 Å². The number of nitrogens with zero attached hydrogens (tertiary/aromatic N) is 1. The largest absolute Gasteiger partial charge is 0.477 e. The van der Waals surface area contributed by atoms with Crippen LogP contribution in [0.1, 0.15) is 9.67 Å². The van der Waals surface area contributed by atoms with Crippen molar-refractivity contribution in [3.63, 3.8) is 0 Å². The summed E-state index contributed by atoms with van der Waals surface area (Å²) >= 11 is 0.774. The number of carboxylic acid groups (broad SMARTS) is 1. The third-order valence-corrected chi connectivity index (χ3v) is 4.53. The summed E-state index contributed by atoms with van der Waals surface area (Å²) < 4.78 is 39.1. The van der Waals surface area contributed by atoms with Crippen LogP contribution in [-0.4, -0.2) is 24.5 Å². The molecule has 0 aromatic carbocycles. The van der Waals surface area contributed by atoms with Gasteiger partial charge in [0, 0.05) is 11.6 Å². The van der Waals surface area contributed by atoms with E-state index in [0.29, 0.717) is 0 Å². The monoisotopic (exact) mass is 302 g/mol. The summed E-state index contributed by atoms with van der Waals surface area (Å²) in [6.45, 7) is 0. The van der Waals surface area contributed by atoms with Gasteiger partial charge in [-0.3, -0.25) is 9.71 Å². The Morgan fingerprint density at radius 1 is 1.47 bits per heavy atom. The predicted molar refractivity (Wildman–Crippen MR) is 66.3 cm³/mol. The number of aromatic carboxylic acids is 1. The lowest BCUT2D eigenvalue weighted by Crippen LogP contribution is -2.13. The van der Waals surface area contributed by atoms with Crippen molar-refractivity contribution in [1.29, 1.82) is 0 Å². The smallest absolute Gasteiger partial charge is 0.345 e. The second-order valence-corrected chi connectivity index (χ2v) is 6.01. The Bertz CT molecular complexity index is 727. The van der Waals surface area contributed by atoms with Crippen molar-refractivity contribution in [3.8, 4) is 0 Å². The summed E-state index contributed by atoms with van der Waals surface area (Å²) in [4.78, 5) is 13.8. The molecule has 0 bridgehead atoms. The van der Waals surface area contributed by atoms with Crippen LogP contribution in [0.3, 0.4) is 0 Å². The van der Waals surface area contributed by atoms with Gasteiger partial charge in [0.1, 0.15) is 4.88 Å². The van der Waals surface area contributed by atoms with E-state index in [-0.39, 0.29) is 15.5 Å². The van der Waals surface area contributed by atoms with Crippen molar-refractivity contribution in [2.75, 3.05) is 4.72 Å². The van der Waals surface area contributed by atoms with Gasteiger partial charge in [-0.2, -0.15) is 0 Å². The zero-order chi connectivity index (χ0) is 14.0. The summed E-state index contributed by atoms with van der Waals surface area (Å²) in [6, 6.07) is 2.17. The highest BCUT2D eigenvalue weighted by molar-refractivity contribution is 7.92. The fourth-order valence-corrected chi connectivity index (χ4v) is 3.41. The van der Waals surface area contributed by atoms with E-state index in [2.05, 4.69) is 4.98 Å². The molecule has 9 heteroatoms. The first-order chi connectivity index (χ1) is 8.90. The lowest BCUT2D eigenvalue weighted by atomic mass is 10.4. The molecular formula is C10H7FN2O4S2. The van der Waals surface area contributed by atoms with Crippen LogP contribution < -0.4 is 4.72 Å². The fourth-order valence-electron chi connectivity index (χ4n) is 1.23. The maximum Gasteiger partial charge on any atom is 0.345 e. The molecule has 2 aromatic heterocycles. The highest BCUT2D eigenvalue weighted by Crippen LogP contribution is 2.22. The molecule has 0 aliphatic carbocycles. The first-order valence-corrected chi connectivity index (χ1v) is 7.20. The van der Waals surface area contributed by atoms with Gasteiger partial charge < -0.3 is 5.11 Å². The number of anilines is 1. The summed E-state index contributed by atoms with van der Waals surface area (Å²) in [7, 11) is -4.02. The van der Waals surface area contributed by atoms with Gasteiger partial charge in [0.15, 0.2) is 5.82 Å². The molecule has 100 valence electrons. The van der Waals surface area contributed by atoms with Gasteiger partial charge in [-0.15, -0.1) is 11.3 Å². The molecule has 2 heterocycles. The third-order valence-electron chi connectivity index (χ3n) is 2.11. The molecule has 0 saturated carbocycles. The van der Waals surface area contributed by atoms with Gasteiger partial charge in [-0.25, -0.2) is 17.6 Å². The Kier molecular flexibility index (Phi) is 3.49. The summed E-state index contributed by atoms with van der Waals surface area (Å²) in [5.74, 6) is -2.04. The standard InChI is InChI=1S/C10H7FN2O4S2/c11-7-4-12-2-1-8(7)13-19(16,17)6-3-9(10(14)15)18-5-6/h1-5H,(H,12,13)(H,14,15). The van der Waals surface area contributed by atoms with E-state index in [9.17, 15) is 17.6 Å². The second kappa shape index (κ2) is 4.94. The Labute approximate surface area is 111 Å². The van der Waals surface area contributed by atoms with Crippen LogP contribution in [0.4, 0.5) is 10.1 Å². The molecule has 2 N–H and O–H groups in total. The molecular weight excluding hydrogens is 295 g/mol. The quantitative estimate of drug-likeness (QED) is 0.897. The van der Waals surface area contributed by atoms with E-state index in [1.807, 2.05) is 4.72 Å². The Morgan fingerprint density at radius 2 is 2.21 bits per heavy atom. The van der Waals surface area contributed by atoms with E-state index in [0.717, 1.165) is 29.7 Å².